The van der Waals surface area contributed by atoms with E-state index in [2.05, 4.69) is 29.2 Å². The third-order valence-electron chi connectivity index (χ3n) is 4.82. The Morgan fingerprint density at radius 1 is 1.19 bits per heavy atom. The molecule has 1 aliphatic heterocycles. The van der Waals surface area contributed by atoms with Crippen LogP contribution in [0.4, 0.5) is 0 Å². The molecule has 3 rings (SSSR count). The molecule has 4 nitrogen and oxygen atoms in total. The minimum absolute atomic E-state index is 0.201. The summed E-state index contributed by atoms with van der Waals surface area (Å²) in [6.45, 7) is 4.28. The van der Waals surface area contributed by atoms with Crippen LogP contribution in [0.5, 0.6) is 0 Å². The smallest absolute Gasteiger partial charge is 0.223 e. The third-order valence-corrected chi connectivity index (χ3v) is 4.82. The molecular formula is C17H24N2O2. The minimum Gasteiger partial charge on any atom is -0.395 e. The second-order valence-corrected chi connectivity index (χ2v) is 6.08. The maximum Gasteiger partial charge on any atom is 0.223 e. The summed E-state index contributed by atoms with van der Waals surface area (Å²) in [6.07, 6.45) is 2.87. The van der Waals surface area contributed by atoms with Gasteiger partial charge in [0, 0.05) is 39.1 Å². The van der Waals surface area contributed by atoms with Crippen molar-refractivity contribution >= 4 is 5.91 Å². The summed E-state index contributed by atoms with van der Waals surface area (Å²) in [4.78, 5) is 16.7. The SMILES string of the molecule is O=C(C[C@H]1CCc2ccccc21)N1CCN(CCO)CC1. The second kappa shape index (κ2) is 6.58. The van der Waals surface area contributed by atoms with Crippen LogP contribution in [-0.4, -0.2) is 60.1 Å². The molecule has 1 atom stereocenters. The molecule has 2 aliphatic rings. The topological polar surface area (TPSA) is 43.8 Å². The van der Waals surface area contributed by atoms with Gasteiger partial charge in [-0.2, -0.15) is 0 Å². The zero-order valence-corrected chi connectivity index (χ0v) is 12.5. The van der Waals surface area contributed by atoms with Crippen molar-refractivity contribution in [2.45, 2.75) is 25.2 Å². The van der Waals surface area contributed by atoms with Gasteiger partial charge in [-0.15, -0.1) is 0 Å². The summed E-state index contributed by atoms with van der Waals surface area (Å²) in [5.41, 5.74) is 2.80. The highest BCUT2D eigenvalue weighted by atomic mass is 16.3. The minimum atomic E-state index is 0.201. The largest absolute Gasteiger partial charge is 0.395 e. The van der Waals surface area contributed by atoms with Gasteiger partial charge in [-0.05, 0) is 29.9 Å². The Bertz CT molecular complexity index is 495. The summed E-state index contributed by atoms with van der Waals surface area (Å²) in [5, 5.41) is 8.95. The molecule has 1 aliphatic carbocycles. The number of aryl methyl sites for hydroxylation is 1. The lowest BCUT2D eigenvalue weighted by Crippen LogP contribution is -2.49. The summed E-state index contributed by atoms with van der Waals surface area (Å²) < 4.78 is 0. The van der Waals surface area contributed by atoms with Crippen LogP contribution in [0.25, 0.3) is 0 Å². The fraction of sp³-hybridized carbons (Fsp3) is 0.588. The Hall–Kier alpha value is -1.39. The van der Waals surface area contributed by atoms with E-state index in [4.69, 9.17) is 5.11 Å². The van der Waals surface area contributed by atoms with Crippen molar-refractivity contribution in [3.8, 4) is 0 Å². The van der Waals surface area contributed by atoms with Crippen LogP contribution < -0.4 is 0 Å². The zero-order valence-electron chi connectivity index (χ0n) is 12.5. The number of hydrogen-bond donors (Lipinski definition) is 1. The van der Waals surface area contributed by atoms with E-state index in [1.54, 1.807) is 0 Å². The van der Waals surface area contributed by atoms with Gasteiger partial charge in [0.25, 0.3) is 0 Å². The van der Waals surface area contributed by atoms with Crippen LogP contribution in [0.1, 0.15) is 29.9 Å². The summed E-state index contributed by atoms with van der Waals surface area (Å²) in [7, 11) is 0. The highest BCUT2D eigenvalue weighted by molar-refractivity contribution is 5.77. The number of carbonyl (C=O) groups excluding carboxylic acids is 1. The lowest BCUT2D eigenvalue weighted by atomic mass is 9.97. The van der Waals surface area contributed by atoms with Crippen LogP contribution in [0.2, 0.25) is 0 Å². The molecule has 0 saturated carbocycles. The number of aliphatic hydroxyl groups excluding tert-OH is 1. The number of amides is 1. The van der Waals surface area contributed by atoms with Gasteiger partial charge in [0.1, 0.15) is 0 Å². The molecule has 0 radical (unpaired) electrons. The lowest BCUT2D eigenvalue weighted by Gasteiger charge is -2.34. The summed E-state index contributed by atoms with van der Waals surface area (Å²) >= 11 is 0. The first-order valence-electron chi connectivity index (χ1n) is 7.96. The van der Waals surface area contributed by atoms with E-state index in [0.29, 0.717) is 18.2 Å². The monoisotopic (exact) mass is 288 g/mol. The summed E-state index contributed by atoms with van der Waals surface area (Å²) in [5.74, 6) is 0.699. The number of aliphatic hydroxyl groups is 1. The average molecular weight is 288 g/mol. The predicted octanol–water partition coefficient (Wildman–Crippen LogP) is 1.24. The molecule has 0 spiro atoms. The first-order chi connectivity index (χ1) is 10.3. The number of β-amino-alcohol motifs (C(OH)–C–C–N with tert-alkyl or cyclic N) is 1. The average Bonchev–Trinajstić information content (AvgIpc) is 2.92. The Morgan fingerprint density at radius 3 is 2.71 bits per heavy atom. The Morgan fingerprint density at radius 2 is 1.95 bits per heavy atom. The number of benzene rings is 1. The number of fused-ring (bicyclic) bond motifs is 1. The maximum absolute atomic E-state index is 12.5. The Kier molecular flexibility index (Phi) is 4.56. The van der Waals surface area contributed by atoms with E-state index in [1.165, 1.54) is 11.1 Å². The molecule has 4 heteroatoms. The quantitative estimate of drug-likeness (QED) is 0.906. The van der Waals surface area contributed by atoms with Crippen LogP contribution in [0, 0.1) is 0 Å². The molecule has 1 saturated heterocycles. The van der Waals surface area contributed by atoms with E-state index < -0.39 is 0 Å². The number of hydrogen-bond acceptors (Lipinski definition) is 3. The fourth-order valence-electron chi connectivity index (χ4n) is 3.56. The zero-order chi connectivity index (χ0) is 14.7. The normalized spacial score (nSPS) is 22.3. The van der Waals surface area contributed by atoms with Gasteiger partial charge in [-0.25, -0.2) is 0 Å². The van der Waals surface area contributed by atoms with Gasteiger partial charge < -0.3 is 10.0 Å². The van der Waals surface area contributed by atoms with E-state index >= 15 is 0 Å². The highest BCUT2D eigenvalue weighted by Crippen LogP contribution is 2.35. The molecule has 1 heterocycles. The Balaban J connectivity index is 1.54. The van der Waals surface area contributed by atoms with Crippen molar-refractivity contribution in [2.75, 3.05) is 39.3 Å². The molecule has 1 aromatic carbocycles. The van der Waals surface area contributed by atoms with E-state index in [0.717, 1.165) is 45.6 Å². The third kappa shape index (κ3) is 3.27. The lowest BCUT2D eigenvalue weighted by molar-refractivity contribution is -0.133. The molecule has 1 aromatic rings. The number of rotatable bonds is 4. The number of nitrogens with zero attached hydrogens (tertiary/aromatic N) is 2. The number of carbonyl (C=O) groups is 1. The van der Waals surface area contributed by atoms with Gasteiger partial charge >= 0.3 is 0 Å². The van der Waals surface area contributed by atoms with Crippen LogP contribution >= 0.6 is 0 Å². The maximum atomic E-state index is 12.5. The first-order valence-corrected chi connectivity index (χ1v) is 7.96. The van der Waals surface area contributed by atoms with Gasteiger partial charge in [0.2, 0.25) is 5.91 Å². The van der Waals surface area contributed by atoms with E-state index in [9.17, 15) is 4.79 Å². The van der Waals surface area contributed by atoms with Crippen LogP contribution in [0.3, 0.4) is 0 Å². The molecule has 1 fully saturated rings. The first kappa shape index (κ1) is 14.5. The van der Waals surface area contributed by atoms with Gasteiger partial charge in [0.15, 0.2) is 0 Å². The van der Waals surface area contributed by atoms with Gasteiger partial charge in [0.05, 0.1) is 6.61 Å². The Labute approximate surface area is 126 Å². The van der Waals surface area contributed by atoms with Crippen molar-refractivity contribution in [3.63, 3.8) is 0 Å². The van der Waals surface area contributed by atoms with Crippen LogP contribution in [-0.2, 0) is 11.2 Å². The predicted molar refractivity (Wildman–Crippen MR) is 82.2 cm³/mol. The fourth-order valence-corrected chi connectivity index (χ4v) is 3.56. The van der Waals surface area contributed by atoms with Crippen LogP contribution in [0.15, 0.2) is 24.3 Å². The van der Waals surface area contributed by atoms with Gasteiger partial charge in [-0.1, -0.05) is 24.3 Å². The summed E-state index contributed by atoms with van der Waals surface area (Å²) in [6, 6.07) is 8.53. The molecule has 114 valence electrons. The van der Waals surface area contributed by atoms with Crippen molar-refractivity contribution in [2.24, 2.45) is 0 Å². The van der Waals surface area contributed by atoms with Crippen molar-refractivity contribution in [3.05, 3.63) is 35.4 Å². The van der Waals surface area contributed by atoms with E-state index in [-0.39, 0.29) is 6.61 Å². The highest BCUT2D eigenvalue weighted by Gasteiger charge is 2.27. The molecule has 0 aromatic heterocycles. The standard InChI is InChI=1S/C17H24N2O2/c20-12-11-18-7-9-19(10-8-18)17(21)13-15-6-5-14-3-1-2-4-16(14)15/h1-4,15,20H,5-13H2/t15-/m1/s1. The number of piperazine rings is 1. The molecule has 1 amide bonds. The van der Waals surface area contributed by atoms with E-state index in [1.807, 2.05) is 4.90 Å². The molecule has 1 N–H and O–H groups in total. The van der Waals surface area contributed by atoms with Crippen molar-refractivity contribution in [1.82, 2.24) is 9.80 Å². The molecule has 0 unspecified atom stereocenters. The molecule has 0 bridgehead atoms. The second-order valence-electron chi connectivity index (χ2n) is 6.08. The van der Waals surface area contributed by atoms with Crippen molar-refractivity contribution < 1.29 is 9.90 Å². The van der Waals surface area contributed by atoms with Crippen molar-refractivity contribution in [1.29, 1.82) is 0 Å². The molecular weight excluding hydrogens is 264 g/mol. The van der Waals surface area contributed by atoms with Gasteiger partial charge in [-0.3, -0.25) is 9.69 Å². The molecule has 21 heavy (non-hydrogen) atoms.